The zero-order valence-electron chi connectivity index (χ0n) is 17.8. The lowest BCUT2D eigenvalue weighted by Crippen LogP contribution is -2.68. The summed E-state index contributed by atoms with van der Waals surface area (Å²) in [4.78, 5) is 47.3. The second-order valence-corrected chi connectivity index (χ2v) is 9.42. The number of nitrogens with one attached hydrogen (secondary N) is 1. The summed E-state index contributed by atoms with van der Waals surface area (Å²) in [5.41, 5.74) is 0.979. The van der Waals surface area contributed by atoms with Gasteiger partial charge in [-0.1, -0.05) is 12.2 Å². The quantitative estimate of drug-likeness (QED) is 0.752. The first kappa shape index (κ1) is 20.2. The van der Waals surface area contributed by atoms with E-state index in [9.17, 15) is 14.4 Å². The van der Waals surface area contributed by atoms with Crippen LogP contribution in [0.2, 0.25) is 0 Å². The molecule has 3 fully saturated rings. The highest BCUT2D eigenvalue weighted by Crippen LogP contribution is 2.42. The number of hydrogen-bond donors (Lipinski definition) is 1. The van der Waals surface area contributed by atoms with Gasteiger partial charge < -0.3 is 15.1 Å². The van der Waals surface area contributed by atoms with Gasteiger partial charge in [0.1, 0.15) is 6.04 Å². The number of carbonyl (C=O) groups is 3. The van der Waals surface area contributed by atoms with Crippen molar-refractivity contribution in [3.05, 3.63) is 42.2 Å². The molecule has 3 aliphatic heterocycles. The Bertz CT molecular complexity index is 878. The maximum absolute atomic E-state index is 13.4. The van der Waals surface area contributed by atoms with Gasteiger partial charge in [0, 0.05) is 56.3 Å². The van der Waals surface area contributed by atoms with E-state index in [1.54, 1.807) is 12.4 Å². The van der Waals surface area contributed by atoms with Gasteiger partial charge in [-0.25, -0.2) is 0 Å². The molecule has 1 N–H and O–H groups in total. The SMILES string of the molecule is O=C(NCc1ccncc1)[C@H]1[C@@H]2C[C@@H](CN(C(=O)C3CC=CC3)C2)[C@@H]2CCCC(=O)N21. The van der Waals surface area contributed by atoms with Gasteiger partial charge in [-0.3, -0.25) is 19.4 Å². The Kier molecular flexibility index (Phi) is 5.50. The number of hydrogen-bond acceptors (Lipinski definition) is 4. The van der Waals surface area contributed by atoms with Crippen LogP contribution in [0.5, 0.6) is 0 Å². The van der Waals surface area contributed by atoms with E-state index >= 15 is 0 Å². The van der Waals surface area contributed by atoms with E-state index in [1.807, 2.05) is 21.9 Å². The van der Waals surface area contributed by atoms with Gasteiger partial charge in [0.05, 0.1) is 0 Å². The van der Waals surface area contributed by atoms with Crippen molar-refractivity contribution in [2.24, 2.45) is 17.8 Å². The van der Waals surface area contributed by atoms with Crippen LogP contribution in [0.1, 0.15) is 44.1 Å². The van der Waals surface area contributed by atoms with Crippen LogP contribution in [0.3, 0.4) is 0 Å². The van der Waals surface area contributed by atoms with E-state index in [4.69, 9.17) is 0 Å². The average Bonchev–Trinajstić information content (AvgIpc) is 3.33. The predicted molar refractivity (Wildman–Crippen MR) is 114 cm³/mol. The second-order valence-electron chi connectivity index (χ2n) is 9.42. The molecule has 1 aliphatic carbocycles. The molecule has 4 heterocycles. The molecule has 0 unspecified atom stereocenters. The molecule has 164 valence electrons. The number of nitrogens with zero attached hydrogens (tertiary/aromatic N) is 3. The summed E-state index contributed by atoms with van der Waals surface area (Å²) in [6.07, 6.45) is 12.4. The van der Waals surface area contributed by atoms with Gasteiger partial charge >= 0.3 is 0 Å². The Morgan fingerprint density at radius 3 is 2.61 bits per heavy atom. The highest BCUT2D eigenvalue weighted by molar-refractivity contribution is 5.89. The molecule has 4 atom stereocenters. The molecule has 4 aliphatic rings. The van der Waals surface area contributed by atoms with Crippen LogP contribution in [0.25, 0.3) is 0 Å². The summed E-state index contributed by atoms with van der Waals surface area (Å²) in [7, 11) is 0. The van der Waals surface area contributed by atoms with Gasteiger partial charge in [-0.05, 0) is 55.7 Å². The highest BCUT2D eigenvalue weighted by atomic mass is 16.2. The third-order valence-corrected chi connectivity index (χ3v) is 7.49. The zero-order valence-corrected chi connectivity index (χ0v) is 17.8. The molecule has 3 saturated heterocycles. The fraction of sp³-hybridized carbons (Fsp3) is 0.583. The minimum atomic E-state index is -0.492. The first-order valence-corrected chi connectivity index (χ1v) is 11.5. The molecular formula is C24H30N4O3. The minimum Gasteiger partial charge on any atom is -0.350 e. The van der Waals surface area contributed by atoms with Crippen LogP contribution < -0.4 is 5.32 Å². The molecule has 31 heavy (non-hydrogen) atoms. The molecule has 2 bridgehead atoms. The normalized spacial score (nSPS) is 30.3. The van der Waals surface area contributed by atoms with E-state index < -0.39 is 6.04 Å². The molecule has 5 rings (SSSR count). The summed E-state index contributed by atoms with van der Waals surface area (Å²) < 4.78 is 0. The topological polar surface area (TPSA) is 82.6 Å². The highest BCUT2D eigenvalue weighted by Gasteiger charge is 2.52. The van der Waals surface area contributed by atoms with Crippen molar-refractivity contribution in [3.8, 4) is 0 Å². The number of piperidine rings is 3. The maximum atomic E-state index is 13.4. The Labute approximate surface area is 182 Å². The first-order valence-electron chi connectivity index (χ1n) is 11.5. The Balaban J connectivity index is 1.36. The van der Waals surface area contributed by atoms with Gasteiger partial charge in [-0.2, -0.15) is 0 Å². The van der Waals surface area contributed by atoms with Crippen molar-refractivity contribution in [2.45, 2.75) is 57.2 Å². The Hall–Kier alpha value is -2.70. The Morgan fingerprint density at radius 2 is 1.84 bits per heavy atom. The molecule has 1 aromatic heterocycles. The standard InChI is InChI=1S/C24H30N4O3/c29-21-7-3-6-20-18-12-19(15-27(14-18)24(31)17-4-1-2-5-17)22(28(20)21)23(30)26-13-16-8-10-25-11-9-16/h1-2,8-11,17-20,22H,3-7,12-15H2,(H,26,30)/t18-,19+,20-,22+/m0/s1. The van der Waals surface area contributed by atoms with Crippen molar-refractivity contribution in [3.63, 3.8) is 0 Å². The van der Waals surface area contributed by atoms with E-state index in [0.29, 0.717) is 26.1 Å². The van der Waals surface area contributed by atoms with E-state index in [0.717, 1.165) is 37.7 Å². The predicted octanol–water partition coefficient (Wildman–Crippen LogP) is 1.89. The molecule has 7 nitrogen and oxygen atoms in total. The molecule has 7 heteroatoms. The minimum absolute atomic E-state index is 0.00666. The molecule has 3 amide bonds. The third kappa shape index (κ3) is 3.86. The number of amides is 3. The van der Waals surface area contributed by atoms with Crippen molar-refractivity contribution in [1.82, 2.24) is 20.1 Å². The monoisotopic (exact) mass is 422 g/mol. The number of aromatic nitrogens is 1. The lowest BCUT2D eigenvalue weighted by Gasteiger charge is -2.56. The van der Waals surface area contributed by atoms with Crippen LogP contribution in [-0.4, -0.2) is 57.7 Å². The van der Waals surface area contributed by atoms with Crippen LogP contribution in [-0.2, 0) is 20.9 Å². The smallest absolute Gasteiger partial charge is 0.243 e. The van der Waals surface area contributed by atoms with Crippen molar-refractivity contribution in [2.75, 3.05) is 13.1 Å². The van der Waals surface area contributed by atoms with E-state index in [1.165, 1.54) is 0 Å². The van der Waals surface area contributed by atoms with Crippen molar-refractivity contribution < 1.29 is 14.4 Å². The van der Waals surface area contributed by atoms with Gasteiger partial charge in [0.2, 0.25) is 17.7 Å². The number of carbonyl (C=O) groups excluding carboxylic acids is 3. The zero-order chi connectivity index (χ0) is 21.4. The number of allylic oxidation sites excluding steroid dienone is 2. The molecule has 0 aromatic carbocycles. The summed E-state index contributed by atoms with van der Waals surface area (Å²) in [5.74, 6) is 0.513. The van der Waals surface area contributed by atoms with Gasteiger partial charge in [-0.15, -0.1) is 0 Å². The van der Waals surface area contributed by atoms with Gasteiger partial charge in [0.15, 0.2) is 0 Å². The maximum Gasteiger partial charge on any atom is 0.243 e. The summed E-state index contributed by atoms with van der Waals surface area (Å²) in [5, 5.41) is 3.05. The number of fused-ring (bicyclic) bond motifs is 4. The fourth-order valence-corrected chi connectivity index (χ4v) is 6.04. The van der Waals surface area contributed by atoms with Crippen molar-refractivity contribution >= 4 is 17.7 Å². The largest absolute Gasteiger partial charge is 0.350 e. The summed E-state index contributed by atoms with van der Waals surface area (Å²) >= 11 is 0. The van der Waals surface area contributed by atoms with Crippen LogP contribution >= 0.6 is 0 Å². The van der Waals surface area contributed by atoms with Gasteiger partial charge in [0.25, 0.3) is 0 Å². The number of rotatable bonds is 4. The molecule has 0 spiro atoms. The molecular weight excluding hydrogens is 392 g/mol. The lowest BCUT2D eigenvalue weighted by atomic mass is 9.71. The number of pyridine rings is 1. The molecule has 0 radical (unpaired) electrons. The van der Waals surface area contributed by atoms with Crippen molar-refractivity contribution in [1.29, 1.82) is 0 Å². The fourth-order valence-electron chi connectivity index (χ4n) is 6.04. The molecule has 1 aromatic rings. The average molecular weight is 423 g/mol. The van der Waals surface area contributed by atoms with Crippen LogP contribution in [0.15, 0.2) is 36.7 Å². The van der Waals surface area contributed by atoms with Crippen LogP contribution in [0, 0.1) is 17.8 Å². The number of likely N-dealkylation sites (tertiary alicyclic amines) is 1. The summed E-state index contributed by atoms with van der Waals surface area (Å²) in [6.45, 7) is 1.69. The third-order valence-electron chi connectivity index (χ3n) is 7.49. The first-order chi connectivity index (χ1) is 15.1. The molecule has 0 saturated carbocycles. The summed E-state index contributed by atoms with van der Waals surface area (Å²) in [6, 6.07) is 3.32. The Morgan fingerprint density at radius 1 is 1.10 bits per heavy atom. The second kappa shape index (κ2) is 8.44. The van der Waals surface area contributed by atoms with E-state index in [2.05, 4.69) is 22.5 Å². The lowest BCUT2D eigenvalue weighted by molar-refractivity contribution is -0.164. The van der Waals surface area contributed by atoms with Crippen LogP contribution in [0.4, 0.5) is 0 Å². The van der Waals surface area contributed by atoms with E-state index in [-0.39, 0.29) is 41.5 Å².